The molecule has 0 saturated heterocycles. The van der Waals surface area contributed by atoms with E-state index in [9.17, 15) is 9.59 Å². The molecule has 3 aromatic carbocycles. The number of carbonyl (C=O) groups is 1. The number of nitrogens with zero attached hydrogens (tertiary/aromatic N) is 3. The predicted octanol–water partition coefficient (Wildman–Crippen LogP) is 4.70. The molecule has 5 heteroatoms. The Bertz CT molecular complexity index is 1210. The fraction of sp³-hybridized carbons (Fsp3) is 0.115. The topological polar surface area (TPSA) is 55.2 Å². The molecule has 4 aromatic rings. The number of amides is 1. The van der Waals surface area contributed by atoms with E-state index >= 15 is 0 Å². The highest BCUT2D eigenvalue weighted by molar-refractivity contribution is 5.95. The average Bonchev–Trinajstić information content (AvgIpc) is 2.84. The molecule has 0 aliphatic rings. The number of rotatable bonds is 6. The molecule has 0 aliphatic carbocycles. The summed E-state index contributed by atoms with van der Waals surface area (Å²) < 4.78 is 1.27. The van der Waals surface area contributed by atoms with Gasteiger partial charge in [-0.3, -0.25) is 9.59 Å². The third-order valence-corrected chi connectivity index (χ3v) is 5.14. The number of aromatic nitrogens is 2. The van der Waals surface area contributed by atoms with Crippen molar-refractivity contribution >= 4 is 11.6 Å². The second-order valence-electron chi connectivity index (χ2n) is 7.29. The van der Waals surface area contributed by atoms with Crippen LogP contribution in [-0.2, 0) is 11.3 Å². The van der Waals surface area contributed by atoms with Crippen LogP contribution in [0.4, 0.5) is 5.69 Å². The van der Waals surface area contributed by atoms with E-state index < -0.39 is 6.04 Å². The third-order valence-electron chi connectivity index (χ3n) is 5.14. The lowest BCUT2D eigenvalue weighted by Crippen LogP contribution is -2.40. The fourth-order valence-electron chi connectivity index (χ4n) is 3.47. The van der Waals surface area contributed by atoms with Gasteiger partial charge in [-0.15, -0.1) is 0 Å². The zero-order valence-electron chi connectivity index (χ0n) is 17.3. The van der Waals surface area contributed by atoms with E-state index in [1.807, 2.05) is 91.0 Å². The van der Waals surface area contributed by atoms with E-state index in [1.54, 1.807) is 17.9 Å². The Kier molecular flexibility index (Phi) is 6.03. The van der Waals surface area contributed by atoms with Crippen molar-refractivity contribution in [2.75, 3.05) is 4.90 Å². The summed E-state index contributed by atoms with van der Waals surface area (Å²) in [6.07, 6.45) is 0. The Morgan fingerprint density at radius 1 is 0.839 bits per heavy atom. The van der Waals surface area contributed by atoms with Crippen LogP contribution >= 0.6 is 0 Å². The van der Waals surface area contributed by atoms with E-state index in [4.69, 9.17) is 0 Å². The molecule has 1 atom stereocenters. The van der Waals surface area contributed by atoms with Crippen LogP contribution in [0.25, 0.3) is 11.3 Å². The average molecular weight is 409 g/mol. The lowest BCUT2D eigenvalue weighted by molar-refractivity contribution is -0.121. The number of para-hydroxylation sites is 1. The SMILES string of the molecule is CC(C(=O)N(Cc1ccccc1)c1ccccc1)n1nc(-c2ccccc2)ccc1=O. The quantitative estimate of drug-likeness (QED) is 0.464. The van der Waals surface area contributed by atoms with E-state index in [2.05, 4.69) is 5.10 Å². The number of hydrogen-bond donors (Lipinski definition) is 0. The largest absolute Gasteiger partial charge is 0.306 e. The van der Waals surface area contributed by atoms with Gasteiger partial charge in [0.1, 0.15) is 6.04 Å². The first kappa shape index (κ1) is 20.3. The highest BCUT2D eigenvalue weighted by atomic mass is 16.2. The maximum Gasteiger partial charge on any atom is 0.267 e. The van der Waals surface area contributed by atoms with Crippen LogP contribution in [0.1, 0.15) is 18.5 Å². The molecule has 0 aliphatic heterocycles. The van der Waals surface area contributed by atoms with Crippen LogP contribution in [0.2, 0.25) is 0 Å². The summed E-state index contributed by atoms with van der Waals surface area (Å²) in [7, 11) is 0. The van der Waals surface area contributed by atoms with Crippen LogP contribution in [0.15, 0.2) is 108 Å². The maximum absolute atomic E-state index is 13.6. The number of benzene rings is 3. The molecule has 0 bridgehead atoms. The smallest absolute Gasteiger partial charge is 0.267 e. The van der Waals surface area contributed by atoms with Gasteiger partial charge in [0.2, 0.25) is 0 Å². The Labute approximate surface area is 181 Å². The van der Waals surface area contributed by atoms with Crippen molar-refractivity contribution in [1.29, 1.82) is 0 Å². The molecule has 1 aromatic heterocycles. The van der Waals surface area contributed by atoms with E-state index in [1.165, 1.54) is 10.7 Å². The second-order valence-corrected chi connectivity index (χ2v) is 7.29. The molecular formula is C26H23N3O2. The Morgan fingerprint density at radius 2 is 1.42 bits per heavy atom. The molecule has 154 valence electrons. The number of anilines is 1. The molecule has 0 saturated carbocycles. The van der Waals surface area contributed by atoms with Gasteiger partial charge < -0.3 is 4.90 Å². The molecule has 31 heavy (non-hydrogen) atoms. The molecule has 1 amide bonds. The van der Waals surface area contributed by atoms with Crippen molar-refractivity contribution in [1.82, 2.24) is 9.78 Å². The van der Waals surface area contributed by atoms with Crippen molar-refractivity contribution in [2.45, 2.75) is 19.5 Å². The lowest BCUT2D eigenvalue weighted by atomic mass is 10.1. The molecule has 0 N–H and O–H groups in total. The summed E-state index contributed by atoms with van der Waals surface area (Å²) in [5, 5.41) is 4.50. The van der Waals surface area contributed by atoms with Crippen LogP contribution in [0, 0.1) is 0 Å². The molecule has 1 heterocycles. The van der Waals surface area contributed by atoms with Gasteiger partial charge >= 0.3 is 0 Å². The summed E-state index contributed by atoms with van der Waals surface area (Å²) in [4.78, 5) is 27.9. The van der Waals surface area contributed by atoms with Crippen molar-refractivity contribution in [3.8, 4) is 11.3 Å². The minimum absolute atomic E-state index is 0.199. The fourth-order valence-corrected chi connectivity index (χ4v) is 3.47. The van der Waals surface area contributed by atoms with Crippen LogP contribution < -0.4 is 10.5 Å². The van der Waals surface area contributed by atoms with E-state index in [0.29, 0.717) is 12.2 Å². The van der Waals surface area contributed by atoms with Crippen molar-refractivity contribution in [3.63, 3.8) is 0 Å². The normalized spacial score (nSPS) is 11.6. The Balaban J connectivity index is 1.69. The molecular weight excluding hydrogens is 386 g/mol. The summed E-state index contributed by atoms with van der Waals surface area (Å²) in [5.74, 6) is -0.199. The Morgan fingerprint density at radius 3 is 2.06 bits per heavy atom. The summed E-state index contributed by atoms with van der Waals surface area (Å²) in [5.41, 5.74) is 3.00. The van der Waals surface area contributed by atoms with Crippen molar-refractivity contribution < 1.29 is 4.79 Å². The van der Waals surface area contributed by atoms with Gasteiger partial charge in [-0.05, 0) is 30.7 Å². The summed E-state index contributed by atoms with van der Waals surface area (Å²) in [6, 6.07) is 31.3. The standard InChI is InChI=1S/C26H23N3O2/c1-20(29-25(30)18-17-24(27-29)22-13-7-3-8-14-22)26(31)28(23-15-9-4-10-16-23)19-21-11-5-2-6-12-21/h2-18,20H,19H2,1H3. The van der Waals surface area contributed by atoms with Gasteiger partial charge in [0.15, 0.2) is 0 Å². The molecule has 4 rings (SSSR count). The van der Waals surface area contributed by atoms with Gasteiger partial charge in [-0.25, -0.2) is 4.68 Å². The molecule has 1 unspecified atom stereocenters. The van der Waals surface area contributed by atoms with E-state index in [-0.39, 0.29) is 11.5 Å². The van der Waals surface area contributed by atoms with Gasteiger partial charge in [-0.1, -0.05) is 78.9 Å². The van der Waals surface area contributed by atoms with Crippen LogP contribution in [-0.4, -0.2) is 15.7 Å². The van der Waals surface area contributed by atoms with Gasteiger partial charge in [0.25, 0.3) is 11.5 Å². The Hall–Kier alpha value is -3.99. The summed E-state index contributed by atoms with van der Waals surface area (Å²) in [6.45, 7) is 2.12. The van der Waals surface area contributed by atoms with Crippen molar-refractivity contribution in [2.24, 2.45) is 0 Å². The molecule has 0 fully saturated rings. The van der Waals surface area contributed by atoms with Crippen LogP contribution in [0.5, 0.6) is 0 Å². The number of hydrogen-bond acceptors (Lipinski definition) is 3. The monoisotopic (exact) mass is 409 g/mol. The first-order valence-electron chi connectivity index (χ1n) is 10.2. The zero-order chi connectivity index (χ0) is 21.6. The third kappa shape index (κ3) is 4.61. The first-order chi connectivity index (χ1) is 15.1. The predicted molar refractivity (Wildman–Crippen MR) is 123 cm³/mol. The highest BCUT2D eigenvalue weighted by Crippen LogP contribution is 2.22. The number of carbonyl (C=O) groups excluding carboxylic acids is 1. The first-order valence-corrected chi connectivity index (χ1v) is 10.2. The van der Waals surface area contributed by atoms with E-state index in [0.717, 1.165) is 16.8 Å². The minimum Gasteiger partial charge on any atom is -0.306 e. The molecule has 0 radical (unpaired) electrons. The van der Waals surface area contributed by atoms with Crippen molar-refractivity contribution in [3.05, 3.63) is 119 Å². The molecule has 5 nitrogen and oxygen atoms in total. The lowest BCUT2D eigenvalue weighted by Gasteiger charge is -2.26. The summed E-state index contributed by atoms with van der Waals surface area (Å²) >= 11 is 0. The van der Waals surface area contributed by atoms with Gasteiger partial charge in [0, 0.05) is 17.3 Å². The molecule has 0 spiro atoms. The maximum atomic E-state index is 13.6. The zero-order valence-corrected chi connectivity index (χ0v) is 17.3. The van der Waals surface area contributed by atoms with Crippen LogP contribution in [0.3, 0.4) is 0 Å². The van der Waals surface area contributed by atoms with Gasteiger partial charge in [0.05, 0.1) is 12.2 Å². The minimum atomic E-state index is -0.764. The second kappa shape index (κ2) is 9.22. The highest BCUT2D eigenvalue weighted by Gasteiger charge is 2.25. The van der Waals surface area contributed by atoms with Gasteiger partial charge in [-0.2, -0.15) is 5.10 Å².